The van der Waals surface area contributed by atoms with E-state index in [4.69, 9.17) is 10.8 Å². The molecule has 0 aliphatic carbocycles. The van der Waals surface area contributed by atoms with Gasteiger partial charge in [-0.1, -0.05) is 13.8 Å². The van der Waals surface area contributed by atoms with E-state index in [2.05, 4.69) is 4.98 Å². The fourth-order valence-corrected chi connectivity index (χ4v) is 2.86. The predicted molar refractivity (Wildman–Crippen MR) is 57.7 cm³/mol. The molecule has 3 N–H and O–H groups in total. The summed E-state index contributed by atoms with van der Waals surface area (Å²) in [6.07, 6.45) is -0.891. The van der Waals surface area contributed by atoms with Gasteiger partial charge in [0.05, 0.1) is 23.2 Å². The van der Waals surface area contributed by atoms with Gasteiger partial charge in [-0.25, -0.2) is 9.78 Å². The molecule has 0 saturated carbocycles. The molecule has 0 fully saturated rings. The normalized spacial score (nSPS) is 19.7. The van der Waals surface area contributed by atoms with E-state index in [9.17, 15) is 4.79 Å². The van der Waals surface area contributed by atoms with E-state index in [0.717, 1.165) is 10.6 Å². The molecule has 1 aliphatic heterocycles. The first kappa shape index (κ1) is 10.2. The number of carbonyl (C=O) groups is 1. The first-order chi connectivity index (χ1) is 7.00. The summed E-state index contributed by atoms with van der Waals surface area (Å²) < 4.78 is 0. The second kappa shape index (κ2) is 3.37. The summed E-state index contributed by atoms with van der Waals surface area (Å²) in [4.78, 5) is 17.7. The Balaban J connectivity index is 2.39. The van der Waals surface area contributed by atoms with Gasteiger partial charge in [0.15, 0.2) is 5.13 Å². The van der Waals surface area contributed by atoms with Crippen molar-refractivity contribution in [1.82, 2.24) is 9.88 Å². The third-order valence-corrected chi connectivity index (χ3v) is 3.44. The van der Waals surface area contributed by atoms with E-state index >= 15 is 0 Å². The maximum atomic E-state index is 11.0. The van der Waals surface area contributed by atoms with Crippen LogP contribution >= 0.6 is 11.3 Å². The lowest BCUT2D eigenvalue weighted by molar-refractivity contribution is 0.115. The molecule has 0 bridgehead atoms. The Labute approximate surface area is 91.5 Å². The van der Waals surface area contributed by atoms with Gasteiger partial charge in [0, 0.05) is 0 Å². The van der Waals surface area contributed by atoms with Gasteiger partial charge in [-0.2, -0.15) is 0 Å². The average Bonchev–Trinajstić information content (AvgIpc) is 2.58. The minimum absolute atomic E-state index is 0.147. The van der Waals surface area contributed by atoms with Crippen molar-refractivity contribution in [2.24, 2.45) is 5.92 Å². The van der Waals surface area contributed by atoms with E-state index in [0.29, 0.717) is 11.7 Å². The Morgan fingerprint density at radius 1 is 1.73 bits per heavy atom. The molecule has 5 nitrogen and oxygen atoms in total. The quantitative estimate of drug-likeness (QED) is 0.768. The van der Waals surface area contributed by atoms with Crippen LogP contribution in [0, 0.1) is 5.92 Å². The Kier molecular flexibility index (Phi) is 2.30. The molecule has 2 heterocycles. The SMILES string of the molecule is CC(C)[C@H]1c2nc(N)sc2CN1C(=O)O. The number of rotatable bonds is 1. The summed E-state index contributed by atoms with van der Waals surface area (Å²) in [6, 6.07) is -0.147. The topological polar surface area (TPSA) is 79.5 Å². The molecular formula is C9H13N3O2S. The number of aromatic nitrogens is 1. The number of amides is 1. The number of anilines is 1. The third kappa shape index (κ3) is 1.54. The summed E-state index contributed by atoms with van der Waals surface area (Å²) in [5, 5.41) is 9.59. The van der Waals surface area contributed by atoms with Crippen LogP contribution in [0.15, 0.2) is 0 Å². The molecule has 0 unspecified atom stereocenters. The lowest BCUT2D eigenvalue weighted by atomic mass is 10.0. The van der Waals surface area contributed by atoms with Crippen molar-refractivity contribution in [3.8, 4) is 0 Å². The van der Waals surface area contributed by atoms with Crippen LogP contribution in [0.4, 0.5) is 9.93 Å². The molecular weight excluding hydrogens is 214 g/mol. The largest absolute Gasteiger partial charge is 0.465 e. The Bertz CT molecular complexity index is 402. The number of nitrogens with zero attached hydrogens (tertiary/aromatic N) is 2. The monoisotopic (exact) mass is 227 g/mol. The highest BCUT2D eigenvalue weighted by Crippen LogP contribution is 2.41. The Morgan fingerprint density at radius 2 is 2.40 bits per heavy atom. The number of fused-ring (bicyclic) bond motifs is 1. The lowest BCUT2D eigenvalue weighted by Crippen LogP contribution is -2.31. The molecule has 1 aromatic heterocycles. The number of hydrogen-bond acceptors (Lipinski definition) is 4. The summed E-state index contributed by atoms with van der Waals surface area (Å²) in [5.74, 6) is 0.212. The Hall–Kier alpha value is -1.30. The molecule has 0 radical (unpaired) electrons. The smallest absolute Gasteiger partial charge is 0.408 e. The molecule has 6 heteroatoms. The van der Waals surface area contributed by atoms with Gasteiger partial charge >= 0.3 is 6.09 Å². The van der Waals surface area contributed by atoms with Crippen LogP contribution < -0.4 is 5.73 Å². The van der Waals surface area contributed by atoms with Crippen LogP contribution in [0.3, 0.4) is 0 Å². The van der Waals surface area contributed by atoms with Crippen LogP contribution in [0.25, 0.3) is 0 Å². The van der Waals surface area contributed by atoms with Crippen molar-refractivity contribution in [2.75, 3.05) is 5.73 Å². The highest BCUT2D eigenvalue weighted by Gasteiger charge is 2.38. The van der Waals surface area contributed by atoms with Crippen molar-refractivity contribution < 1.29 is 9.90 Å². The summed E-state index contributed by atoms with van der Waals surface area (Å²) >= 11 is 1.38. The van der Waals surface area contributed by atoms with E-state index in [1.807, 2.05) is 13.8 Å². The summed E-state index contributed by atoms with van der Waals surface area (Å²) in [6.45, 7) is 4.40. The van der Waals surface area contributed by atoms with Gasteiger partial charge in [0.2, 0.25) is 0 Å². The van der Waals surface area contributed by atoms with Crippen molar-refractivity contribution >= 4 is 22.6 Å². The minimum atomic E-state index is -0.891. The number of carboxylic acid groups (broad SMARTS) is 1. The molecule has 82 valence electrons. The number of nitrogen functional groups attached to an aromatic ring is 1. The fourth-order valence-electron chi connectivity index (χ4n) is 1.99. The lowest BCUT2D eigenvalue weighted by Gasteiger charge is -2.24. The standard InChI is InChI=1S/C9H13N3O2S/c1-4(2)7-6-5(15-8(10)11-6)3-12(7)9(13)14/h4,7H,3H2,1-2H3,(H2,10,11)(H,13,14)/t7-/m0/s1. The van der Waals surface area contributed by atoms with E-state index in [-0.39, 0.29) is 12.0 Å². The first-order valence-corrected chi connectivity index (χ1v) is 5.57. The molecule has 15 heavy (non-hydrogen) atoms. The fraction of sp³-hybridized carbons (Fsp3) is 0.556. The highest BCUT2D eigenvalue weighted by atomic mass is 32.1. The van der Waals surface area contributed by atoms with Crippen LogP contribution in [-0.2, 0) is 6.54 Å². The van der Waals surface area contributed by atoms with Gasteiger partial charge < -0.3 is 10.8 Å². The van der Waals surface area contributed by atoms with Crippen molar-refractivity contribution in [2.45, 2.75) is 26.4 Å². The molecule has 1 amide bonds. The molecule has 1 aliphatic rings. The highest BCUT2D eigenvalue weighted by molar-refractivity contribution is 7.15. The second-order valence-corrected chi connectivity index (χ2v) is 5.08. The second-order valence-electron chi connectivity index (χ2n) is 3.96. The molecule has 1 aromatic rings. The Morgan fingerprint density at radius 3 is 2.93 bits per heavy atom. The molecule has 0 spiro atoms. The maximum absolute atomic E-state index is 11.0. The maximum Gasteiger partial charge on any atom is 0.408 e. The first-order valence-electron chi connectivity index (χ1n) is 4.75. The molecule has 0 aromatic carbocycles. The number of nitrogens with two attached hydrogens (primary N) is 1. The minimum Gasteiger partial charge on any atom is -0.465 e. The molecule has 1 atom stereocenters. The van der Waals surface area contributed by atoms with Gasteiger partial charge in [0.1, 0.15) is 0 Å². The zero-order valence-electron chi connectivity index (χ0n) is 8.60. The van der Waals surface area contributed by atoms with Gasteiger partial charge in [-0.15, -0.1) is 11.3 Å². The predicted octanol–water partition coefficient (Wildman–Crippen LogP) is 1.92. The molecule has 2 rings (SSSR count). The van der Waals surface area contributed by atoms with Crippen LogP contribution in [-0.4, -0.2) is 21.1 Å². The number of hydrogen-bond donors (Lipinski definition) is 2. The average molecular weight is 227 g/mol. The number of thiazole rings is 1. The van der Waals surface area contributed by atoms with Gasteiger partial charge in [0.25, 0.3) is 0 Å². The summed E-state index contributed by atoms with van der Waals surface area (Å²) in [5.41, 5.74) is 6.46. The van der Waals surface area contributed by atoms with Crippen molar-refractivity contribution in [3.05, 3.63) is 10.6 Å². The van der Waals surface area contributed by atoms with E-state index < -0.39 is 6.09 Å². The van der Waals surface area contributed by atoms with Crippen LogP contribution in [0.2, 0.25) is 0 Å². The van der Waals surface area contributed by atoms with Crippen molar-refractivity contribution in [3.63, 3.8) is 0 Å². The summed E-state index contributed by atoms with van der Waals surface area (Å²) in [7, 11) is 0. The van der Waals surface area contributed by atoms with E-state index in [1.54, 1.807) is 0 Å². The zero-order chi connectivity index (χ0) is 11.2. The third-order valence-electron chi connectivity index (χ3n) is 2.55. The van der Waals surface area contributed by atoms with Crippen molar-refractivity contribution in [1.29, 1.82) is 0 Å². The van der Waals surface area contributed by atoms with Gasteiger partial charge in [-0.3, -0.25) is 4.90 Å². The van der Waals surface area contributed by atoms with Crippen LogP contribution in [0.5, 0.6) is 0 Å². The van der Waals surface area contributed by atoms with E-state index in [1.165, 1.54) is 16.2 Å². The molecule has 0 saturated heterocycles. The van der Waals surface area contributed by atoms with Gasteiger partial charge in [-0.05, 0) is 5.92 Å². The van der Waals surface area contributed by atoms with Crippen LogP contribution in [0.1, 0.15) is 30.5 Å². The zero-order valence-corrected chi connectivity index (χ0v) is 9.41.